The second-order valence-corrected chi connectivity index (χ2v) is 15.1. The highest BCUT2D eigenvalue weighted by Gasteiger charge is 2.33. The molecule has 5 N–H and O–H groups in total. The van der Waals surface area contributed by atoms with Crippen molar-refractivity contribution in [1.82, 2.24) is 36.2 Å². The fraction of sp³-hybridized carbons (Fsp3) is 0.771. The molecule has 5 unspecified atom stereocenters. The Morgan fingerprint density at radius 3 is 2.06 bits per heavy atom. The lowest BCUT2D eigenvalue weighted by Crippen LogP contribution is -2.53. The summed E-state index contributed by atoms with van der Waals surface area (Å²) >= 11 is 0. The molecule has 17 heteroatoms. The quantitative estimate of drug-likeness (QED) is 0.140. The largest absolute Gasteiger partial charge is 0.442 e. The van der Waals surface area contributed by atoms with Crippen LogP contribution in [-0.2, 0) is 30.5 Å². The average Bonchev–Trinajstić information content (AvgIpc) is 3.32. The lowest BCUT2D eigenvalue weighted by atomic mass is 9.92. The number of hydrazine groups is 1. The van der Waals surface area contributed by atoms with E-state index in [1.165, 1.54) is 6.92 Å². The zero-order valence-electron chi connectivity index (χ0n) is 32.4. The van der Waals surface area contributed by atoms with Gasteiger partial charge in [-0.2, -0.15) is 18.3 Å². The normalized spacial score (nSPS) is 14.9. The van der Waals surface area contributed by atoms with E-state index < -0.39 is 84.0 Å². The highest BCUT2D eigenvalue weighted by Crippen LogP contribution is 2.18. The van der Waals surface area contributed by atoms with Crippen LogP contribution in [0.4, 0.5) is 18.0 Å². The minimum absolute atomic E-state index is 0.0115. The molecule has 0 aliphatic rings. The summed E-state index contributed by atoms with van der Waals surface area (Å²) < 4.78 is 45.1. The fourth-order valence-electron chi connectivity index (χ4n) is 5.27. The van der Waals surface area contributed by atoms with Gasteiger partial charge in [0.2, 0.25) is 23.6 Å². The molecule has 0 saturated carbocycles. The van der Waals surface area contributed by atoms with Crippen LogP contribution in [0.1, 0.15) is 99.4 Å². The topological polar surface area (TPSA) is 184 Å². The van der Waals surface area contributed by atoms with Gasteiger partial charge in [0, 0.05) is 18.0 Å². The van der Waals surface area contributed by atoms with Gasteiger partial charge in [0.25, 0.3) is 0 Å². The molecule has 298 valence electrons. The van der Waals surface area contributed by atoms with E-state index in [2.05, 4.69) is 21.2 Å². The maximum absolute atomic E-state index is 13.3. The van der Waals surface area contributed by atoms with Gasteiger partial charge in [-0.3, -0.25) is 29.3 Å². The number of nitrogens with one attached hydrogen (secondary N) is 4. The van der Waals surface area contributed by atoms with Crippen LogP contribution in [-0.4, -0.2) is 92.7 Å². The lowest BCUT2D eigenvalue weighted by molar-refractivity contribution is -0.141. The van der Waals surface area contributed by atoms with E-state index in [4.69, 9.17) is 4.74 Å². The molecule has 1 aromatic rings. The Balaban J connectivity index is 3.00. The third-order valence-corrected chi connectivity index (χ3v) is 8.07. The van der Waals surface area contributed by atoms with Crippen molar-refractivity contribution >= 4 is 29.7 Å². The van der Waals surface area contributed by atoms with E-state index in [0.29, 0.717) is 12.8 Å². The summed E-state index contributed by atoms with van der Waals surface area (Å²) in [5.74, 6) is -4.57. The molecule has 1 aromatic heterocycles. The van der Waals surface area contributed by atoms with E-state index in [9.17, 15) is 42.3 Å². The number of carbonyl (C=O) groups excluding carboxylic acids is 5. The number of ether oxygens (including phenoxy) is 1. The van der Waals surface area contributed by atoms with Crippen molar-refractivity contribution in [3.8, 4) is 0 Å². The van der Waals surface area contributed by atoms with Crippen molar-refractivity contribution in [3.63, 3.8) is 0 Å². The van der Waals surface area contributed by atoms with Gasteiger partial charge >= 0.3 is 12.3 Å². The van der Waals surface area contributed by atoms with Crippen molar-refractivity contribution < 1.29 is 47.0 Å². The Bertz CT molecular complexity index is 1340. The molecule has 0 aromatic carbocycles. The van der Waals surface area contributed by atoms with Crippen LogP contribution in [0.15, 0.2) is 6.07 Å². The molecular formula is C35H60F3N7O7. The standard InChI is InChI=1S/C35H60F3N7O7/c1-12-25(18-45-24(8)17-23(7)42-45)31(49)43-44(33(51)52-34(9,10)11)14-13-28(47)40-26(15-20(2)3)27(46)16-22(6)30(48)41-29(21(4)5)32(50)39-19-35(36,37)38/h17,20-22,25-27,29,46H,12-16,18-19H2,1-11H3,(H,39,50)(H,40,47)(H,41,48)(H,43,49). The first-order chi connectivity index (χ1) is 23.8. The molecular weight excluding hydrogens is 687 g/mol. The zero-order chi connectivity index (χ0) is 40.1. The predicted molar refractivity (Wildman–Crippen MR) is 188 cm³/mol. The summed E-state index contributed by atoms with van der Waals surface area (Å²) in [6.45, 7) is 17.5. The van der Waals surface area contributed by atoms with Gasteiger partial charge in [-0.1, -0.05) is 41.5 Å². The van der Waals surface area contributed by atoms with Crippen molar-refractivity contribution in [1.29, 1.82) is 0 Å². The minimum Gasteiger partial charge on any atom is -0.442 e. The molecule has 1 heterocycles. The van der Waals surface area contributed by atoms with Gasteiger partial charge in [0.15, 0.2) is 0 Å². The minimum atomic E-state index is -4.62. The number of halogens is 3. The van der Waals surface area contributed by atoms with Crippen molar-refractivity contribution in [2.45, 2.75) is 138 Å². The first kappa shape index (κ1) is 46.1. The third kappa shape index (κ3) is 17.1. The molecule has 0 radical (unpaired) electrons. The van der Waals surface area contributed by atoms with Crippen LogP contribution >= 0.6 is 0 Å². The van der Waals surface area contributed by atoms with Crippen LogP contribution < -0.4 is 21.4 Å². The van der Waals surface area contributed by atoms with Crippen LogP contribution in [0.2, 0.25) is 0 Å². The average molecular weight is 748 g/mol. The summed E-state index contributed by atoms with van der Waals surface area (Å²) in [5.41, 5.74) is 3.40. The summed E-state index contributed by atoms with van der Waals surface area (Å²) in [7, 11) is 0. The van der Waals surface area contributed by atoms with Crippen molar-refractivity contribution in [2.24, 2.45) is 23.7 Å². The maximum Gasteiger partial charge on any atom is 0.429 e. The molecule has 0 fully saturated rings. The first-order valence-corrected chi connectivity index (χ1v) is 17.8. The lowest BCUT2D eigenvalue weighted by Gasteiger charge is -2.30. The molecule has 5 atom stereocenters. The number of aromatic nitrogens is 2. The third-order valence-electron chi connectivity index (χ3n) is 8.07. The number of amides is 5. The van der Waals surface area contributed by atoms with Gasteiger partial charge in [-0.15, -0.1) is 0 Å². The molecule has 0 bridgehead atoms. The van der Waals surface area contributed by atoms with Crippen LogP contribution in [0, 0.1) is 37.5 Å². The van der Waals surface area contributed by atoms with Crippen LogP contribution in [0.3, 0.4) is 0 Å². The first-order valence-electron chi connectivity index (χ1n) is 17.8. The SMILES string of the molecule is CCC(Cn1nc(C)cc1C)C(=O)NN(CCC(=O)NC(CC(C)C)C(O)CC(C)C(=O)NC(C(=O)NCC(F)(F)F)C(C)C)C(=O)OC(C)(C)C. The summed E-state index contributed by atoms with van der Waals surface area (Å²) in [4.78, 5) is 65.1. The molecule has 0 spiro atoms. The molecule has 0 aliphatic heterocycles. The predicted octanol–water partition coefficient (Wildman–Crippen LogP) is 3.92. The second kappa shape index (κ2) is 20.4. The maximum atomic E-state index is 13.3. The molecule has 0 saturated heterocycles. The van der Waals surface area contributed by atoms with Crippen LogP contribution in [0.25, 0.3) is 0 Å². The van der Waals surface area contributed by atoms with E-state index in [0.717, 1.165) is 16.4 Å². The summed E-state index contributed by atoms with van der Waals surface area (Å²) in [6, 6.07) is -0.155. The summed E-state index contributed by atoms with van der Waals surface area (Å²) in [5, 5.41) is 23.6. The number of hydrogen-bond acceptors (Lipinski definition) is 8. The Morgan fingerprint density at radius 2 is 1.58 bits per heavy atom. The molecule has 0 aliphatic carbocycles. The molecule has 1 rings (SSSR count). The van der Waals surface area contributed by atoms with Crippen LogP contribution in [0.5, 0.6) is 0 Å². The second-order valence-electron chi connectivity index (χ2n) is 15.1. The van der Waals surface area contributed by atoms with E-state index in [-0.39, 0.29) is 31.8 Å². The number of aryl methyl sites for hydroxylation is 2. The highest BCUT2D eigenvalue weighted by atomic mass is 19.4. The van der Waals surface area contributed by atoms with Crippen molar-refractivity contribution in [3.05, 3.63) is 17.5 Å². The van der Waals surface area contributed by atoms with Gasteiger partial charge in [0.1, 0.15) is 18.2 Å². The molecule has 14 nitrogen and oxygen atoms in total. The van der Waals surface area contributed by atoms with Gasteiger partial charge in [-0.05, 0) is 71.8 Å². The Morgan fingerprint density at radius 1 is 0.962 bits per heavy atom. The Kier molecular flexibility index (Phi) is 18.1. The summed E-state index contributed by atoms with van der Waals surface area (Å²) in [6.07, 6.45) is -6.33. The van der Waals surface area contributed by atoms with Gasteiger partial charge in [0.05, 0.1) is 36.8 Å². The number of carbonyl (C=O) groups is 5. The highest BCUT2D eigenvalue weighted by molar-refractivity contribution is 5.88. The van der Waals surface area contributed by atoms with E-state index >= 15 is 0 Å². The van der Waals surface area contributed by atoms with Crippen molar-refractivity contribution in [2.75, 3.05) is 13.1 Å². The van der Waals surface area contributed by atoms with Gasteiger partial charge in [-0.25, -0.2) is 9.80 Å². The molecule has 52 heavy (non-hydrogen) atoms. The number of aliphatic hydroxyl groups is 1. The Labute approximate surface area is 305 Å². The Hall–Kier alpha value is -3.89. The number of hydrogen-bond donors (Lipinski definition) is 5. The number of alkyl halides is 3. The monoisotopic (exact) mass is 747 g/mol. The zero-order valence-corrected chi connectivity index (χ0v) is 32.4. The fourth-order valence-corrected chi connectivity index (χ4v) is 5.27. The number of aliphatic hydroxyl groups excluding tert-OH is 1. The van der Waals surface area contributed by atoms with E-state index in [1.54, 1.807) is 44.6 Å². The number of nitrogens with zero attached hydrogens (tertiary/aromatic N) is 3. The molecule has 5 amide bonds. The smallest absolute Gasteiger partial charge is 0.429 e. The van der Waals surface area contributed by atoms with E-state index in [1.807, 2.05) is 40.7 Å². The number of rotatable bonds is 18. The van der Waals surface area contributed by atoms with Gasteiger partial charge < -0.3 is 25.8 Å².